The Balaban J connectivity index is 6.05. The minimum absolute atomic E-state index is 0.722. The van der Waals surface area contributed by atoms with Gasteiger partial charge in [0.25, 0.3) is 3.82 Å². The van der Waals surface area contributed by atoms with Gasteiger partial charge in [-0.2, -0.15) is 0 Å². The van der Waals surface area contributed by atoms with Gasteiger partial charge < -0.3 is 18.5 Å². The van der Waals surface area contributed by atoms with Crippen LogP contribution in [0.4, 0.5) is 0 Å². The molecule has 0 aromatic carbocycles. The molecule has 0 aliphatic rings. The van der Waals surface area contributed by atoms with Crippen LogP contribution in [-0.4, -0.2) is 28.2 Å². The molecule has 0 fully saturated rings. The molecule has 1 unspecified atom stereocenters. The average molecular weight is 492 g/mol. The summed E-state index contributed by atoms with van der Waals surface area (Å²) in [5, 5.41) is 0. The van der Waals surface area contributed by atoms with E-state index in [1.165, 1.54) is 55.4 Å². The Morgan fingerprint density at radius 1 is 0.704 bits per heavy atom. The predicted octanol–water partition coefficient (Wildman–Crippen LogP) is 5.65. The predicted molar refractivity (Wildman–Crippen MR) is 103 cm³/mol. The molecule has 14 heteroatoms. The van der Waals surface area contributed by atoms with Crippen LogP contribution in [0, 0.1) is 0 Å². The molecule has 164 valence electrons. The summed E-state index contributed by atoms with van der Waals surface area (Å²) in [7, 11) is -15.0. The van der Waals surface area contributed by atoms with E-state index in [0.717, 1.165) is 0 Å². The molecule has 0 aliphatic heterocycles. The van der Waals surface area contributed by atoms with Crippen molar-refractivity contribution in [1.29, 1.82) is 0 Å². The Morgan fingerprint density at radius 3 is 1.26 bits per heavy atom. The summed E-state index contributed by atoms with van der Waals surface area (Å²) in [6.45, 7) is 11.8. The van der Waals surface area contributed by atoms with E-state index >= 15 is 0 Å². The van der Waals surface area contributed by atoms with Crippen LogP contribution in [0.25, 0.3) is 0 Å². The van der Waals surface area contributed by atoms with Crippen molar-refractivity contribution in [2.45, 2.75) is 83.6 Å². The SMILES string of the molecule is CC(C)OP(=O)(OC(C)C)OP(=O)([O-])C(Cl)(Cl)P(=O)(OC(C)C)OC(C)C. The molecular formula is C13H28Cl2O9P3-. The van der Waals surface area contributed by atoms with Gasteiger partial charge in [-0.1, -0.05) is 23.2 Å². The maximum atomic E-state index is 13.1. The van der Waals surface area contributed by atoms with E-state index in [4.69, 9.17) is 41.3 Å². The van der Waals surface area contributed by atoms with E-state index in [0.29, 0.717) is 0 Å². The van der Waals surface area contributed by atoms with Gasteiger partial charge >= 0.3 is 15.4 Å². The highest BCUT2D eigenvalue weighted by atomic mass is 35.5. The van der Waals surface area contributed by atoms with Gasteiger partial charge in [0.1, 0.15) is 0 Å². The Labute approximate surface area is 171 Å². The zero-order valence-corrected chi connectivity index (χ0v) is 20.8. The van der Waals surface area contributed by atoms with Crippen molar-refractivity contribution in [2.24, 2.45) is 0 Å². The van der Waals surface area contributed by atoms with Crippen molar-refractivity contribution in [3.05, 3.63) is 0 Å². The lowest BCUT2D eigenvalue weighted by Gasteiger charge is -2.40. The molecule has 27 heavy (non-hydrogen) atoms. The number of phosphoric acid groups is 1. The molecule has 0 bridgehead atoms. The lowest BCUT2D eigenvalue weighted by atomic mass is 10.5. The van der Waals surface area contributed by atoms with E-state index in [1.807, 2.05) is 0 Å². The van der Waals surface area contributed by atoms with E-state index in [2.05, 4.69) is 4.31 Å². The Kier molecular flexibility index (Phi) is 10.8. The van der Waals surface area contributed by atoms with E-state index < -0.39 is 51.2 Å². The summed E-state index contributed by atoms with van der Waals surface area (Å²) in [6, 6.07) is 0. The summed E-state index contributed by atoms with van der Waals surface area (Å²) in [5.74, 6) is 0. The van der Waals surface area contributed by atoms with Gasteiger partial charge in [-0.15, -0.1) is 0 Å². The monoisotopic (exact) mass is 491 g/mol. The minimum Gasteiger partial charge on any atom is -0.776 e. The minimum atomic E-state index is -5.61. The molecule has 0 saturated heterocycles. The number of hydrogen-bond donors (Lipinski definition) is 0. The van der Waals surface area contributed by atoms with Crippen molar-refractivity contribution in [3.8, 4) is 0 Å². The molecule has 0 aliphatic carbocycles. The summed E-state index contributed by atoms with van der Waals surface area (Å²) >= 11 is 11.8. The quantitative estimate of drug-likeness (QED) is 0.252. The number of hydrogen-bond acceptors (Lipinski definition) is 9. The van der Waals surface area contributed by atoms with Crippen LogP contribution in [0.1, 0.15) is 55.4 Å². The van der Waals surface area contributed by atoms with Gasteiger partial charge in [-0.25, -0.2) is 8.88 Å². The average Bonchev–Trinajstić information content (AvgIpc) is 2.31. The summed E-state index contributed by atoms with van der Waals surface area (Å²) in [4.78, 5) is 12.7. The van der Waals surface area contributed by atoms with Gasteiger partial charge in [0.2, 0.25) is 0 Å². The van der Waals surface area contributed by atoms with Crippen LogP contribution in [0.15, 0.2) is 0 Å². The first-order valence-electron chi connectivity index (χ1n) is 8.21. The molecule has 1 atom stereocenters. The molecule has 0 radical (unpaired) electrons. The second-order valence-corrected chi connectivity index (χ2v) is 15.1. The van der Waals surface area contributed by atoms with Crippen molar-refractivity contribution < 1.29 is 41.0 Å². The highest BCUT2D eigenvalue weighted by molar-refractivity contribution is 7.81. The fraction of sp³-hybridized carbons (Fsp3) is 1.00. The standard InChI is InChI=1S/C13H29Cl2O9P3/c1-9(2)20-26(18,21-10(3)4)13(14,15)25(16,17)24-27(19,22-11(5)6)23-12(7)8/h9-12H,1-8H3,(H,16,17)/p-1. The molecule has 0 amide bonds. The second kappa shape index (κ2) is 10.4. The molecular weight excluding hydrogens is 464 g/mol. The smallest absolute Gasteiger partial charge is 0.480 e. The van der Waals surface area contributed by atoms with Gasteiger partial charge in [-0.05, 0) is 55.4 Å². The number of phosphoric ester groups is 1. The highest BCUT2D eigenvalue weighted by Crippen LogP contribution is 2.82. The zero-order chi connectivity index (χ0) is 21.8. The molecule has 0 aromatic rings. The second-order valence-electron chi connectivity index (χ2n) is 6.65. The third kappa shape index (κ3) is 8.35. The Morgan fingerprint density at radius 2 is 1.00 bits per heavy atom. The summed E-state index contributed by atoms with van der Waals surface area (Å²) < 4.78 is 60.2. The Bertz CT molecular complexity index is 594. The molecule has 0 N–H and O–H groups in total. The van der Waals surface area contributed by atoms with Gasteiger partial charge in [0, 0.05) is 0 Å². The largest absolute Gasteiger partial charge is 0.776 e. The van der Waals surface area contributed by atoms with Crippen LogP contribution in [0.5, 0.6) is 0 Å². The number of halogens is 2. The highest BCUT2D eigenvalue weighted by Gasteiger charge is 2.60. The third-order valence-corrected chi connectivity index (χ3v) is 11.9. The van der Waals surface area contributed by atoms with Crippen molar-refractivity contribution in [3.63, 3.8) is 0 Å². The number of alkyl halides is 2. The molecule has 9 nitrogen and oxygen atoms in total. The van der Waals surface area contributed by atoms with Crippen LogP contribution in [0.2, 0.25) is 0 Å². The molecule has 0 rings (SSSR count). The van der Waals surface area contributed by atoms with Gasteiger partial charge in [-0.3, -0.25) is 13.6 Å². The van der Waals surface area contributed by atoms with Crippen LogP contribution in [0.3, 0.4) is 0 Å². The first-order chi connectivity index (χ1) is 11.9. The Hall–Kier alpha value is 1.03. The van der Waals surface area contributed by atoms with Crippen LogP contribution < -0.4 is 4.89 Å². The zero-order valence-electron chi connectivity index (χ0n) is 16.6. The van der Waals surface area contributed by atoms with E-state index in [-0.39, 0.29) is 0 Å². The topological polar surface area (TPSA) is 120 Å². The fourth-order valence-electron chi connectivity index (χ4n) is 1.62. The fourth-order valence-corrected chi connectivity index (χ4v) is 8.71. The summed E-state index contributed by atoms with van der Waals surface area (Å²) in [5.41, 5.74) is 0. The van der Waals surface area contributed by atoms with Crippen LogP contribution >= 0.6 is 46.2 Å². The third-order valence-electron chi connectivity index (χ3n) is 2.25. The lowest BCUT2D eigenvalue weighted by molar-refractivity contribution is -0.193. The molecule has 0 aromatic heterocycles. The van der Waals surface area contributed by atoms with E-state index in [1.54, 1.807) is 0 Å². The molecule has 0 saturated carbocycles. The lowest BCUT2D eigenvalue weighted by Crippen LogP contribution is -2.28. The van der Waals surface area contributed by atoms with Gasteiger partial charge in [0.15, 0.2) is 7.60 Å². The molecule has 0 heterocycles. The number of rotatable bonds is 12. The summed E-state index contributed by atoms with van der Waals surface area (Å²) in [6.07, 6.45) is -2.95. The van der Waals surface area contributed by atoms with Gasteiger partial charge in [0.05, 0.1) is 24.4 Å². The van der Waals surface area contributed by atoms with Crippen LogP contribution in [-0.2, 0) is 36.1 Å². The van der Waals surface area contributed by atoms with Crippen molar-refractivity contribution in [1.82, 2.24) is 0 Å². The van der Waals surface area contributed by atoms with Crippen molar-refractivity contribution >= 4 is 46.2 Å². The van der Waals surface area contributed by atoms with Crippen molar-refractivity contribution in [2.75, 3.05) is 0 Å². The van der Waals surface area contributed by atoms with E-state index in [9.17, 15) is 18.6 Å². The molecule has 0 spiro atoms. The first-order valence-corrected chi connectivity index (χ1v) is 13.5. The maximum Gasteiger partial charge on any atom is 0.480 e. The first kappa shape index (κ1) is 28.0. The maximum absolute atomic E-state index is 13.1. The normalized spacial score (nSPS) is 16.6.